The van der Waals surface area contributed by atoms with E-state index in [2.05, 4.69) is 30.3 Å². The Morgan fingerprint density at radius 2 is 1.14 bits per heavy atom. The fraction of sp³-hybridized carbons (Fsp3) is 0.0500. The molecule has 0 radical (unpaired) electrons. The Hall–Kier alpha value is -2.87. The zero-order chi connectivity index (χ0) is 15.1. The predicted octanol–water partition coefficient (Wildman–Crippen LogP) is 4.93. The molecule has 0 atom stereocenters. The smallest absolute Gasteiger partial charge is 0.337 e. The molecule has 0 aliphatic carbocycles. The van der Waals surface area contributed by atoms with Gasteiger partial charge in [-0.25, -0.2) is 4.79 Å². The van der Waals surface area contributed by atoms with Crippen molar-refractivity contribution >= 4 is 38.3 Å². The van der Waals surface area contributed by atoms with Gasteiger partial charge in [-0.2, -0.15) is 0 Å². The topological polar surface area (TPSA) is 26.3 Å². The summed E-state index contributed by atoms with van der Waals surface area (Å²) in [6, 6.07) is 22.4. The van der Waals surface area contributed by atoms with Gasteiger partial charge in [0.05, 0.1) is 12.7 Å². The average molecular weight is 286 g/mol. The van der Waals surface area contributed by atoms with E-state index in [4.69, 9.17) is 4.74 Å². The first-order chi connectivity index (χ1) is 10.8. The summed E-state index contributed by atoms with van der Waals surface area (Å²) in [5.74, 6) is -0.306. The molecule has 0 spiro atoms. The van der Waals surface area contributed by atoms with Crippen LogP contribution in [-0.4, -0.2) is 13.1 Å². The lowest BCUT2D eigenvalue weighted by molar-refractivity contribution is 0.0601. The van der Waals surface area contributed by atoms with Crippen molar-refractivity contribution in [2.75, 3.05) is 7.11 Å². The summed E-state index contributed by atoms with van der Waals surface area (Å²) in [5.41, 5.74) is 0.579. The lowest BCUT2D eigenvalue weighted by atomic mass is 9.93. The largest absolute Gasteiger partial charge is 0.465 e. The van der Waals surface area contributed by atoms with Crippen LogP contribution in [0.5, 0.6) is 0 Å². The second-order valence-electron chi connectivity index (χ2n) is 5.34. The second-order valence-corrected chi connectivity index (χ2v) is 5.34. The Morgan fingerprint density at radius 3 is 1.64 bits per heavy atom. The summed E-state index contributed by atoms with van der Waals surface area (Å²) in [5, 5.41) is 7.03. The lowest BCUT2D eigenvalue weighted by Crippen LogP contribution is -2.00. The number of methoxy groups -OCH3 is 1. The van der Waals surface area contributed by atoms with Gasteiger partial charge < -0.3 is 4.74 Å². The molecule has 0 aromatic heterocycles. The molecule has 0 heterocycles. The van der Waals surface area contributed by atoms with Crippen molar-refractivity contribution < 1.29 is 9.53 Å². The molecule has 4 rings (SSSR count). The van der Waals surface area contributed by atoms with Crippen LogP contribution < -0.4 is 0 Å². The molecule has 4 aromatic carbocycles. The van der Waals surface area contributed by atoms with Crippen LogP contribution in [0.2, 0.25) is 0 Å². The molecule has 0 fully saturated rings. The number of hydrogen-bond acceptors (Lipinski definition) is 2. The molecule has 4 aromatic rings. The number of benzene rings is 4. The molecular weight excluding hydrogens is 272 g/mol. The van der Waals surface area contributed by atoms with E-state index >= 15 is 0 Å². The van der Waals surface area contributed by atoms with Crippen molar-refractivity contribution in [2.45, 2.75) is 0 Å². The van der Waals surface area contributed by atoms with Gasteiger partial charge in [-0.1, -0.05) is 54.6 Å². The maximum atomic E-state index is 11.8. The van der Waals surface area contributed by atoms with Crippen molar-refractivity contribution in [3.8, 4) is 0 Å². The van der Waals surface area contributed by atoms with Crippen LogP contribution in [0.15, 0.2) is 66.7 Å². The molecule has 0 bridgehead atoms. The van der Waals surface area contributed by atoms with E-state index in [-0.39, 0.29) is 5.97 Å². The van der Waals surface area contributed by atoms with Gasteiger partial charge in [0.2, 0.25) is 0 Å². The number of hydrogen-bond donors (Lipinski definition) is 0. The van der Waals surface area contributed by atoms with E-state index in [9.17, 15) is 4.79 Å². The number of fused-ring (bicyclic) bond motifs is 6. The fourth-order valence-corrected chi connectivity index (χ4v) is 3.15. The Kier molecular flexibility index (Phi) is 2.83. The molecule has 0 unspecified atom stereocenters. The van der Waals surface area contributed by atoms with E-state index in [1.165, 1.54) is 23.3 Å². The molecule has 22 heavy (non-hydrogen) atoms. The number of carbonyl (C=O) groups excluding carboxylic acids is 1. The minimum atomic E-state index is -0.306. The van der Waals surface area contributed by atoms with Crippen LogP contribution in [0.25, 0.3) is 32.3 Å². The van der Waals surface area contributed by atoms with Gasteiger partial charge in [0, 0.05) is 0 Å². The molecule has 0 N–H and O–H groups in total. The third-order valence-electron chi connectivity index (χ3n) is 4.17. The maximum Gasteiger partial charge on any atom is 0.337 e. The Labute approximate surface area is 127 Å². The second kappa shape index (κ2) is 4.85. The molecule has 106 valence electrons. The Bertz CT molecular complexity index is 996. The minimum absolute atomic E-state index is 0.306. The predicted molar refractivity (Wildman–Crippen MR) is 90.3 cm³/mol. The summed E-state index contributed by atoms with van der Waals surface area (Å²) >= 11 is 0. The van der Waals surface area contributed by atoms with Crippen molar-refractivity contribution in [1.29, 1.82) is 0 Å². The summed E-state index contributed by atoms with van der Waals surface area (Å²) in [6.07, 6.45) is 0. The summed E-state index contributed by atoms with van der Waals surface area (Å²) in [4.78, 5) is 11.8. The first kappa shape index (κ1) is 12.8. The Balaban J connectivity index is 2.24. The first-order valence-corrected chi connectivity index (χ1v) is 7.21. The molecule has 0 saturated carbocycles. The minimum Gasteiger partial charge on any atom is -0.465 e. The van der Waals surface area contributed by atoms with Gasteiger partial charge in [0.15, 0.2) is 0 Å². The summed E-state index contributed by atoms with van der Waals surface area (Å²) in [7, 11) is 1.41. The van der Waals surface area contributed by atoms with Crippen molar-refractivity contribution in [3.05, 3.63) is 72.3 Å². The van der Waals surface area contributed by atoms with E-state index in [0.717, 1.165) is 16.2 Å². The fourth-order valence-electron chi connectivity index (χ4n) is 3.15. The van der Waals surface area contributed by atoms with Crippen LogP contribution >= 0.6 is 0 Å². The van der Waals surface area contributed by atoms with E-state index < -0.39 is 0 Å². The van der Waals surface area contributed by atoms with Crippen LogP contribution in [-0.2, 0) is 4.74 Å². The highest BCUT2D eigenvalue weighted by atomic mass is 16.5. The number of esters is 1. The van der Waals surface area contributed by atoms with Gasteiger partial charge in [0.1, 0.15) is 0 Å². The van der Waals surface area contributed by atoms with Crippen molar-refractivity contribution in [2.24, 2.45) is 0 Å². The molecule has 0 saturated heterocycles. The summed E-state index contributed by atoms with van der Waals surface area (Å²) < 4.78 is 4.85. The van der Waals surface area contributed by atoms with Gasteiger partial charge in [0.25, 0.3) is 0 Å². The monoisotopic (exact) mass is 286 g/mol. The highest BCUT2D eigenvalue weighted by molar-refractivity contribution is 6.25. The van der Waals surface area contributed by atoms with Crippen molar-refractivity contribution in [3.63, 3.8) is 0 Å². The number of ether oxygens (including phenoxy) is 1. The van der Waals surface area contributed by atoms with E-state index in [1.807, 2.05) is 36.4 Å². The molecule has 0 aliphatic rings. The van der Waals surface area contributed by atoms with Crippen LogP contribution in [0, 0.1) is 0 Å². The molecule has 0 aliphatic heterocycles. The molecule has 0 amide bonds. The number of carbonyl (C=O) groups is 1. The average Bonchev–Trinajstić information content (AvgIpc) is 2.61. The van der Waals surface area contributed by atoms with E-state index in [0.29, 0.717) is 5.56 Å². The van der Waals surface area contributed by atoms with Gasteiger partial charge >= 0.3 is 5.97 Å². The van der Waals surface area contributed by atoms with Crippen LogP contribution in [0.3, 0.4) is 0 Å². The van der Waals surface area contributed by atoms with E-state index in [1.54, 1.807) is 0 Å². The quantitative estimate of drug-likeness (QED) is 0.366. The maximum absolute atomic E-state index is 11.8. The van der Waals surface area contributed by atoms with Crippen molar-refractivity contribution in [1.82, 2.24) is 0 Å². The highest BCUT2D eigenvalue weighted by Crippen LogP contribution is 2.35. The molecular formula is C20H14O2. The summed E-state index contributed by atoms with van der Waals surface area (Å²) in [6.45, 7) is 0. The van der Waals surface area contributed by atoms with Gasteiger partial charge in [-0.15, -0.1) is 0 Å². The highest BCUT2D eigenvalue weighted by Gasteiger charge is 2.11. The van der Waals surface area contributed by atoms with Gasteiger partial charge in [-0.05, 0) is 44.5 Å². The van der Waals surface area contributed by atoms with Crippen LogP contribution in [0.4, 0.5) is 0 Å². The first-order valence-electron chi connectivity index (χ1n) is 7.21. The standard InChI is InChI=1S/C20H14O2/c1-22-20(21)13-10-11-18-16-8-3-2-6-14(16)15-7-4-5-9-17(15)19(18)12-13/h2-12H,1H3. The number of rotatable bonds is 1. The van der Waals surface area contributed by atoms with Crippen LogP contribution in [0.1, 0.15) is 10.4 Å². The Morgan fingerprint density at radius 1 is 0.682 bits per heavy atom. The molecule has 2 nitrogen and oxygen atoms in total. The SMILES string of the molecule is COC(=O)c1ccc2c3ccccc3c3ccccc3c2c1. The zero-order valence-corrected chi connectivity index (χ0v) is 12.2. The zero-order valence-electron chi connectivity index (χ0n) is 12.2. The lowest BCUT2D eigenvalue weighted by Gasteiger charge is -2.11. The third-order valence-corrected chi connectivity index (χ3v) is 4.17. The normalized spacial score (nSPS) is 11.1. The third kappa shape index (κ3) is 1.77. The molecule has 2 heteroatoms. The van der Waals surface area contributed by atoms with Gasteiger partial charge in [-0.3, -0.25) is 0 Å².